The lowest BCUT2D eigenvalue weighted by atomic mass is 9.77. The molecule has 3 N–H and O–H groups in total. The molecule has 0 saturated carbocycles. The Morgan fingerprint density at radius 3 is 2.32 bits per heavy atom. The van der Waals surface area contributed by atoms with Crippen molar-refractivity contribution < 1.29 is 37.6 Å². The molecular weight excluding hydrogens is 496 g/mol. The van der Waals surface area contributed by atoms with Gasteiger partial charge in [0.1, 0.15) is 17.5 Å². The summed E-state index contributed by atoms with van der Waals surface area (Å²) in [4.78, 5) is 39.2. The highest BCUT2D eigenvalue weighted by atomic mass is 19.1. The highest BCUT2D eigenvalue weighted by Crippen LogP contribution is 2.36. The van der Waals surface area contributed by atoms with E-state index in [1.807, 2.05) is 27.7 Å². The minimum Gasteiger partial charge on any atom is -0.468 e. The number of hydrogen-bond donors (Lipinski definition) is 2. The van der Waals surface area contributed by atoms with Crippen molar-refractivity contribution in [3.05, 3.63) is 29.6 Å². The van der Waals surface area contributed by atoms with Crippen LogP contribution in [0.5, 0.6) is 0 Å². The third-order valence-electron chi connectivity index (χ3n) is 7.05. The first-order chi connectivity index (χ1) is 17.4. The molecule has 38 heavy (non-hydrogen) atoms. The Hall–Kier alpha value is -2.54. The van der Waals surface area contributed by atoms with Gasteiger partial charge >= 0.3 is 19.1 Å². The molecule has 1 aromatic rings. The van der Waals surface area contributed by atoms with E-state index in [0.29, 0.717) is 18.3 Å². The number of rotatable bonds is 6. The lowest BCUT2D eigenvalue weighted by Gasteiger charge is -2.38. The van der Waals surface area contributed by atoms with Crippen LogP contribution in [0.15, 0.2) is 18.2 Å². The van der Waals surface area contributed by atoms with Crippen LogP contribution in [0.25, 0.3) is 0 Å². The van der Waals surface area contributed by atoms with Crippen LogP contribution in [-0.4, -0.2) is 72.0 Å². The Morgan fingerprint density at radius 1 is 1.16 bits per heavy atom. The first-order valence-corrected chi connectivity index (χ1v) is 12.7. The normalized spacial score (nSPS) is 22.5. The molecule has 1 unspecified atom stereocenters. The molecule has 10 nitrogen and oxygen atoms in total. The summed E-state index contributed by atoms with van der Waals surface area (Å²) in [6.45, 7) is 12.7. The molecule has 3 rings (SSSR count). The summed E-state index contributed by atoms with van der Waals surface area (Å²) in [5.41, 5.74) is 5.55. The van der Waals surface area contributed by atoms with E-state index in [0.717, 1.165) is 5.01 Å². The molecule has 0 radical (unpaired) electrons. The minimum absolute atomic E-state index is 0.205. The van der Waals surface area contributed by atoms with Crippen LogP contribution in [0.1, 0.15) is 66.9 Å². The Kier molecular flexibility index (Phi) is 8.34. The molecule has 2 saturated heterocycles. The van der Waals surface area contributed by atoms with Crippen molar-refractivity contribution in [3.63, 3.8) is 0 Å². The molecule has 0 aliphatic carbocycles. The van der Waals surface area contributed by atoms with Crippen LogP contribution in [0.2, 0.25) is 0 Å². The summed E-state index contributed by atoms with van der Waals surface area (Å²) in [5.74, 6) is -2.92. The first kappa shape index (κ1) is 30.0. The van der Waals surface area contributed by atoms with Gasteiger partial charge in [-0.2, -0.15) is 0 Å². The van der Waals surface area contributed by atoms with Crippen LogP contribution in [0.4, 0.5) is 4.39 Å². The van der Waals surface area contributed by atoms with Crippen molar-refractivity contribution in [2.75, 3.05) is 13.7 Å². The number of benzene rings is 1. The molecule has 210 valence electrons. The number of amides is 1. The Balaban J connectivity index is 1.96. The van der Waals surface area contributed by atoms with Gasteiger partial charge < -0.3 is 24.5 Å². The number of methoxy groups -OCH3 is 1. The topological polar surface area (TPSA) is 129 Å². The molecule has 0 bridgehead atoms. The van der Waals surface area contributed by atoms with Crippen LogP contribution in [-0.2, 0) is 39.6 Å². The van der Waals surface area contributed by atoms with E-state index in [2.05, 4.69) is 5.43 Å². The molecule has 2 aliphatic rings. The Labute approximate surface area is 223 Å². The summed E-state index contributed by atoms with van der Waals surface area (Å²) in [6, 6.07) is 3.32. The van der Waals surface area contributed by atoms with E-state index in [9.17, 15) is 18.8 Å². The average Bonchev–Trinajstić information content (AvgIpc) is 3.03. The fraction of sp³-hybridized carbons (Fsp3) is 0.654. The quantitative estimate of drug-likeness (QED) is 0.315. The SMILES string of the molecule is COC(=O)[C@@H]1CCCN(C(=O)C(N)(Cc2cc(F)cc(B3OC(C)(C)C(C)(C)O3)c2)C(=O)OC(C)(C)C)N1. The Bertz CT molecular complexity index is 1080. The number of halogens is 1. The number of carbonyl (C=O) groups excluding carboxylic acids is 3. The number of nitrogens with zero attached hydrogens (tertiary/aromatic N) is 1. The lowest BCUT2D eigenvalue weighted by molar-refractivity contribution is -0.169. The summed E-state index contributed by atoms with van der Waals surface area (Å²) in [5, 5.41) is 1.14. The molecule has 0 aromatic heterocycles. The van der Waals surface area contributed by atoms with Gasteiger partial charge in [-0.25, -0.2) is 14.6 Å². The number of nitrogens with two attached hydrogens (primary N) is 1. The van der Waals surface area contributed by atoms with Crippen LogP contribution < -0.4 is 16.6 Å². The van der Waals surface area contributed by atoms with Gasteiger partial charge in [0.25, 0.3) is 5.91 Å². The van der Waals surface area contributed by atoms with E-state index in [1.54, 1.807) is 26.8 Å². The number of hydrazine groups is 1. The van der Waals surface area contributed by atoms with Crippen LogP contribution >= 0.6 is 0 Å². The van der Waals surface area contributed by atoms with Gasteiger partial charge in [0.05, 0.1) is 18.3 Å². The van der Waals surface area contributed by atoms with Crippen molar-refractivity contribution in [1.82, 2.24) is 10.4 Å². The van der Waals surface area contributed by atoms with Gasteiger partial charge in [-0.3, -0.25) is 14.6 Å². The van der Waals surface area contributed by atoms with Gasteiger partial charge in [-0.1, -0.05) is 6.07 Å². The monoisotopic (exact) mass is 535 g/mol. The highest BCUT2D eigenvalue weighted by Gasteiger charge is 2.52. The minimum atomic E-state index is -2.22. The lowest BCUT2D eigenvalue weighted by Crippen LogP contribution is -2.68. The third-order valence-corrected chi connectivity index (χ3v) is 7.05. The molecule has 12 heteroatoms. The van der Waals surface area contributed by atoms with E-state index < -0.39 is 59.2 Å². The second-order valence-electron chi connectivity index (χ2n) is 11.9. The molecule has 2 fully saturated rings. The van der Waals surface area contributed by atoms with Gasteiger partial charge in [0.15, 0.2) is 5.54 Å². The molecule has 1 amide bonds. The average molecular weight is 535 g/mol. The van der Waals surface area contributed by atoms with Crippen molar-refractivity contribution in [3.8, 4) is 0 Å². The molecular formula is C26H39BFN3O7. The summed E-state index contributed by atoms with van der Waals surface area (Å²) >= 11 is 0. The van der Waals surface area contributed by atoms with E-state index in [1.165, 1.54) is 19.2 Å². The highest BCUT2D eigenvalue weighted by molar-refractivity contribution is 6.62. The van der Waals surface area contributed by atoms with Crippen LogP contribution in [0, 0.1) is 5.82 Å². The van der Waals surface area contributed by atoms with Crippen molar-refractivity contribution in [2.45, 2.75) is 96.1 Å². The maximum atomic E-state index is 14.8. The van der Waals surface area contributed by atoms with E-state index in [-0.39, 0.29) is 18.5 Å². The number of ether oxygens (including phenoxy) is 2. The zero-order chi connectivity index (χ0) is 28.7. The molecule has 2 heterocycles. The van der Waals surface area contributed by atoms with Crippen molar-refractivity contribution in [1.29, 1.82) is 0 Å². The predicted octanol–water partition coefficient (Wildman–Crippen LogP) is 1.38. The summed E-state index contributed by atoms with van der Waals surface area (Å²) in [7, 11) is 0.392. The fourth-order valence-corrected chi connectivity index (χ4v) is 4.30. The molecule has 0 spiro atoms. The van der Waals surface area contributed by atoms with E-state index >= 15 is 0 Å². The predicted molar refractivity (Wildman–Crippen MR) is 138 cm³/mol. The van der Waals surface area contributed by atoms with E-state index in [4.69, 9.17) is 24.5 Å². The Morgan fingerprint density at radius 2 is 1.76 bits per heavy atom. The second kappa shape index (κ2) is 10.6. The molecule has 2 atom stereocenters. The van der Waals surface area contributed by atoms with Crippen molar-refractivity contribution >= 4 is 30.4 Å². The molecule has 1 aromatic carbocycles. The third kappa shape index (κ3) is 6.36. The number of hydrogen-bond acceptors (Lipinski definition) is 9. The maximum Gasteiger partial charge on any atom is 0.494 e. The van der Waals surface area contributed by atoms with Gasteiger partial charge in [-0.05, 0) is 84.5 Å². The fourth-order valence-electron chi connectivity index (χ4n) is 4.30. The number of esters is 2. The van der Waals surface area contributed by atoms with Gasteiger partial charge in [0.2, 0.25) is 0 Å². The second-order valence-corrected chi connectivity index (χ2v) is 11.9. The largest absolute Gasteiger partial charge is 0.494 e. The van der Waals surface area contributed by atoms with Crippen molar-refractivity contribution in [2.24, 2.45) is 5.73 Å². The van der Waals surface area contributed by atoms with Gasteiger partial charge in [0, 0.05) is 13.0 Å². The smallest absolute Gasteiger partial charge is 0.468 e. The summed E-state index contributed by atoms with van der Waals surface area (Å²) in [6.07, 6.45) is 0.558. The van der Waals surface area contributed by atoms with Gasteiger partial charge in [-0.15, -0.1) is 0 Å². The number of carbonyl (C=O) groups is 3. The summed E-state index contributed by atoms with van der Waals surface area (Å²) < 4.78 is 37.2. The maximum absolute atomic E-state index is 14.8. The zero-order valence-electron chi connectivity index (χ0n) is 23.5. The molecule has 2 aliphatic heterocycles. The zero-order valence-corrected chi connectivity index (χ0v) is 23.5. The number of nitrogens with one attached hydrogen (secondary N) is 1. The van der Waals surface area contributed by atoms with Crippen LogP contribution in [0.3, 0.4) is 0 Å². The first-order valence-electron chi connectivity index (χ1n) is 12.7. The standard InChI is InChI=1S/C26H39BFN3O7/c1-23(2,3)36-22(34)26(29,21(33)31-11-9-10-19(30-31)20(32)35-8)15-16-12-17(14-18(28)13-16)27-37-24(4,5)25(6,7)38-27/h12-14,19,30H,9-11,15,29H2,1-8H3/t19-,26?/m0/s1.